The van der Waals surface area contributed by atoms with Gasteiger partial charge in [-0.1, -0.05) is 25.5 Å². The predicted molar refractivity (Wildman–Crippen MR) is 160 cm³/mol. The fourth-order valence-corrected chi connectivity index (χ4v) is 6.17. The van der Waals surface area contributed by atoms with Gasteiger partial charge in [0.05, 0.1) is 31.1 Å². The smallest absolute Gasteiger partial charge is 0.255 e. The van der Waals surface area contributed by atoms with E-state index in [4.69, 9.17) is 14.2 Å². The molecule has 0 aromatic heterocycles. The first-order valence-electron chi connectivity index (χ1n) is 15.5. The number of anilines is 1. The number of carbonyl (C=O) groups is 2. The number of benzene rings is 2. The molecular formula is C33H45N3O5. The van der Waals surface area contributed by atoms with Crippen LogP contribution in [0.2, 0.25) is 0 Å². The maximum absolute atomic E-state index is 13.7. The number of fused-ring (bicyclic) bond motifs is 1. The Balaban J connectivity index is 1.28. The van der Waals surface area contributed by atoms with Crippen molar-refractivity contribution in [3.05, 3.63) is 53.6 Å². The van der Waals surface area contributed by atoms with E-state index in [0.717, 1.165) is 68.6 Å². The molecule has 5 rings (SSSR count). The summed E-state index contributed by atoms with van der Waals surface area (Å²) in [4.78, 5) is 30.8. The summed E-state index contributed by atoms with van der Waals surface area (Å²) in [7, 11) is 0. The Hall–Kier alpha value is -3.26. The van der Waals surface area contributed by atoms with Crippen LogP contribution in [0.5, 0.6) is 11.5 Å². The molecule has 0 bridgehead atoms. The van der Waals surface area contributed by atoms with Crippen LogP contribution in [0.25, 0.3) is 0 Å². The van der Waals surface area contributed by atoms with Crippen molar-refractivity contribution in [2.45, 2.75) is 58.3 Å². The van der Waals surface area contributed by atoms with E-state index in [1.807, 2.05) is 41.3 Å². The number of piperidine rings is 1. The summed E-state index contributed by atoms with van der Waals surface area (Å²) in [6, 6.07) is 13.4. The molecule has 3 heterocycles. The minimum Gasteiger partial charge on any atom is -0.492 e. The summed E-state index contributed by atoms with van der Waals surface area (Å²) in [6.45, 7) is 8.36. The number of para-hydroxylation sites is 1. The largest absolute Gasteiger partial charge is 0.492 e. The van der Waals surface area contributed by atoms with Gasteiger partial charge < -0.3 is 29.3 Å². The van der Waals surface area contributed by atoms with Gasteiger partial charge in [-0.2, -0.15) is 0 Å². The lowest BCUT2D eigenvalue weighted by atomic mass is 9.75. The van der Waals surface area contributed by atoms with Gasteiger partial charge in [-0.15, -0.1) is 0 Å². The molecule has 0 unspecified atom stereocenters. The molecule has 41 heavy (non-hydrogen) atoms. The second-order valence-corrected chi connectivity index (χ2v) is 11.6. The second kappa shape index (κ2) is 14.1. The molecule has 1 spiro atoms. The van der Waals surface area contributed by atoms with Crippen LogP contribution in [0.3, 0.4) is 0 Å². The zero-order chi connectivity index (χ0) is 28.5. The third kappa shape index (κ3) is 7.34. The Kier molecular flexibility index (Phi) is 10.0. The van der Waals surface area contributed by atoms with E-state index in [2.05, 4.69) is 17.1 Å². The zero-order valence-electron chi connectivity index (χ0n) is 24.5. The van der Waals surface area contributed by atoms with Gasteiger partial charge in [-0.05, 0) is 75.3 Å². The first-order valence-corrected chi connectivity index (χ1v) is 15.5. The van der Waals surface area contributed by atoms with E-state index in [0.29, 0.717) is 57.4 Å². The Labute approximate surface area is 244 Å². The van der Waals surface area contributed by atoms with Gasteiger partial charge in [0.1, 0.15) is 11.5 Å². The van der Waals surface area contributed by atoms with Gasteiger partial charge in [0.15, 0.2) is 0 Å². The lowest BCUT2D eigenvalue weighted by molar-refractivity contribution is 0.0341. The molecule has 3 aliphatic heterocycles. The molecular weight excluding hydrogens is 518 g/mol. The van der Waals surface area contributed by atoms with Gasteiger partial charge in [0.25, 0.3) is 11.8 Å². The van der Waals surface area contributed by atoms with Crippen LogP contribution in [-0.4, -0.2) is 75.9 Å². The van der Waals surface area contributed by atoms with E-state index >= 15 is 0 Å². The number of ether oxygens (including phenoxy) is 3. The fraction of sp³-hybridized carbons (Fsp3) is 0.576. The van der Waals surface area contributed by atoms with Crippen molar-refractivity contribution < 1.29 is 23.8 Å². The molecule has 1 N–H and O–H groups in total. The highest BCUT2D eigenvalue weighted by molar-refractivity contribution is 5.97. The molecule has 0 radical (unpaired) electrons. The molecule has 2 aromatic rings. The number of carbonyl (C=O) groups excluding carboxylic acids is 2. The summed E-state index contributed by atoms with van der Waals surface area (Å²) in [5.74, 6) is 1.42. The maximum Gasteiger partial charge on any atom is 0.255 e. The van der Waals surface area contributed by atoms with Gasteiger partial charge >= 0.3 is 0 Å². The molecule has 2 fully saturated rings. The fourth-order valence-electron chi connectivity index (χ4n) is 6.17. The van der Waals surface area contributed by atoms with Gasteiger partial charge in [-0.25, -0.2) is 0 Å². The van der Waals surface area contributed by atoms with Crippen LogP contribution in [0, 0.1) is 5.41 Å². The van der Waals surface area contributed by atoms with Crippen molar-refractivity contribution in [3.63, 3.8) is 0 Å². The summed E-state index contributed by atoms with van der Waals surface area (Å²) >= 11 is 0. The van der Waals surface area contributed by atoms with Gasteiger partial charge in [0, 0.05) is 50.3 Å². The van der Waals surface area contributed by atoms with Crippen molar-refractivity contribution in [1.82, 2.24) is 10.2 Å². The maximum atomic E-state index is 13.7. The summed E-state index contributed by atoms with van der Waals surface area (Å²) in [5, 5.41) is 2.93. The molecule has 222 valence electrons. The van der Waals surface area contributed by atoms with Crippen molar-refractivity contribution in [1.29, 1.82) is 0 Å². The minimum absolute atomic E-state index is 0.0525. The quantitative estimate of drug-likeness (QED) is 0.531. The molecule has 8 heteroatoms. The lowest BCUT2D eigenvalue weighted by Gasteiger charge is -2.42. The Morgan fingerprint density at radius 1 is 0.976 bits per heavy atom. The SMILES string of the molecule is CCCOc1ccc(C(=O)N2CCC3(CCCCOCCNC(=O)c4ccccc4OC3)CC2)cc1N1CCCC1. The third-order valence-electron chi connectivity index (χ3n) is 8.67. The van der Waals surface area contributed by atoms with Gasteiger partial charge in [-0.3, -0.25) is 9.59 Å². The summed E-state index contributed by atoms with van der Waals surface area (Å²) in [5.41, 5.74) is 2.27. The molecule has 8 nitrogen and oxygen atoms in total. The standard InChI is InChI=1S/C33H45N3O5/c1-2-21-40-30-12-11-26(24-28(30)35-17-6-7-18-35)32(38)36-19-14-33(15-20-36)13-5-8-22-39-23-16-34-31(37)27-9-3-4-10-29(27)41-25-33/h3-4,9-12,24H,2,5-8,13-23,25H2,1H3,(H,34,37). The van der Waals surface area contributed by atoms with E-state index < -0.39 is 0 Å². The van der Waals surface area contributed by atoms with E-state index in [-0.39, 0.29) is 17.2 Å². The van der Waals surface area contributed by atoms with E-state index in [9.17, 15) is 9.59 Å². The normalized spacial score (nSPS) is 20.1. The predicted octanol–water partition coefficient (Wildman–Crippen LogP) is 5.31. The number of hydrogen-bond donors (Lipinski definition) is 1. The highest BCUT2D eigenvalue weighted by Gasteiger charge is 2.37. The average molecular weight is 564 g/mol. The van der Waals surface area contributed by atoms with Crippen molar-refractivity contribution in [2.24, 2.45) is 5.41 Å². The van der Waals surface area contributed by atoms with Crippen LogP contribution in [0.1, 0.15) is 79.0 Å². The number of amides is 2. The number of nitrogens with zero attached hydrogens (tertiary/aromatic N) is 2. The highest BCUT2D eigenvalue weighted by Crippen LogP contribution is 2.39. The second-order valence-electron chi connectivity index (χ2n) is 11.6. The number of rotatable bonds is 5. The molecule has 0 saturated carbocycles. The third-order valence-corrected chi connectivity index (χ3v) is 8.67. The van der Waals surface area contributed by atoms with Crippen molar-refractivity contribution in [2.75, 3.05) is 64.1 Å². The number of hydrogen-bond acceptors (Lipinski definition) is 6. The van der Waals surface area contributed by atoms with E-state index in [1.165, 1.54) is 12.8 Å². The first kappa shape index (κ1) is 29.2. The van der Waals surface area contributed by atoms with Crippen LogP contribution in [0.15, 0.2) is 42.5 Å². The summed E-state index contributed by atoms with van der Waals surface area (Å²) in [6.07, 6.45) is 8.05. The lowest BCUT2D eigenvalue weighted by Crippen LogP contribution is -2.45. The zero-order valence-corrected chi connectivity index (χ0v) is 24.5. The molecule has 0 aliphatic carbocycles. The van der Waals surface area contributed by atoms with Gasteiger partial charge in [0.2, 0.25) is 0 Å². The van der Waals surface area contributed by atoms with Crippen LogP contribution >= 0.6 is 0 Å². The Morgan fingerprint density at radius 2 is 1.78 bits per heavy atom. The monoisotopic (exact) mass is 563 g/mol. The Morgan fingerprint density at radius 3 is 2.59 bits per heavy atom. The average Bonchev–Trinajstić information content (AvgIpc) is 3.55. The van der Waals surface area contributed by atoms with Crippen LogP contribution < -0.4 is 19.7 Å². The minimum atomic E-state index is -0.143. The molecule has 0 atom stereocenters. The number of nitrogens with one attached hydrogen (secondary N) is 1. The van der Waals surface area contributed by atoms with Crippen LogP contribution in [0.4, 0.5) is 5.69 Å². The molecule has 2 amide bonds. The topological polar surface area (TPSA) is 80.3 Å². The van der Waals surface area contributed by atoms with Crippen LogP contribution in [-0.2, 0) is 4.74 Å². The van der Waals surface area contributed by atoms with Crippen molar-refractivity contribution in [3.8, 4) is 11.5 Å². The van der Waals surface area contributed by atoms with E-state index in [1.54, 1.807) is 6.07 Å². The first-order chi connectivity index (χ1) is 20.1. The Bertz CT molecular complexity index is 1170. The molecule has 3 aliphatic rings. The number of likely N-dealkylation sites (tertiary alicyclic amines) is 1. The van der Waals surface area contributed by atoms with Crippen molar-refractivity contribution >= 4 is 17.5 Å². The summed E-state index contributed by atoms with van der Waals surface area (Å²) < 4.78 is 18.2. The molecule has 2 aromatic carbocycles. The molecule has 2 saturated heterocycles. The highest BCUT2D eigenvalue weighted by atomic mass is 16.5.